The van der Waals surface area contributed by atoms with Crippen LogP contribution in [0.15, 0.2) is 10.6 Å². The standard InChI is InChI=1S/C7H9F2NO2/c1-4(2)5-3-6(10-12-5)11-7(8)9/h3-4,7H,1-2H3. The summed E-state index contributed by atoms with van der Waals surface area (Å²) in [7, 11) is 0. The predicted octanol–water partition coefficient (Wildman–Crippen LogP) is 2.40. The van der Waals surface area contributed by atoms with Crippen molar-refractivity contribution in [1.82, 2.24) is 5.16 Å². The third kappa shape index (κ3) is 2.18. The Morgan fingerprint density at radius 2 is 2.17 bits per heavy atom. The van der Waals surface area contributed by atoms with Crippen molar-refractivity contribution in [2.75, 3.05) is 0 Å². The van der Waals surface area contributed by atoms with Crippen LogP contribution in [0.1, 0.15) is 25.5 Å². The second kappa shape index (κ2) is 3.51. The summed E-state index contributed by atoms with van der Waals surface area (Å²) in [5.74, 6) is 0.479. The van der Waals surface area contributed by atoms with Crippen LogP contribution < -0.4 is 4.74 Å². The van der Waals surface area contributed by atoms with Crippen LogP contribution in [0.3, 0.4) is 0 Å². The van der Waals surface area contributed by atoms with Gasteiger partial charge in [-0.3, -0.25) is 0 Å². The smallest absolute Gasteiger partial charge is 0.388 e. The highest BCUT2D eigenvalue weighted by Crippen LogP contribution is 2.20. The van der Waals surface area contributed by atoms with E-state index in [1.54, 1.807) is 0 Å². The van der Waals surface area contributed by atoms with E-state index in [1.807, 2.05) is 13.8 Å². The first-order chi connectivity index (χ1) is 5.59. The Balaban J connectivity index is 2.64. The molecule has 3 nitrogen and oxygen atoms in total. The Bertz CT molecular complexity index is 247. The molecule has 12 heavy (non-hydrogen) atoms. The maximum Gasteiger partial charge on any atom is 0.388 e. The van der Waals surface area contributed by atoms with Gasteiger partial charge in [0.2, 0.25) is 0 Å². The lowest BCUT2D eigenvalue weighted by atomic mass is 10.2. The summed E-state index contributed by atoms with van der Waals surface area (Å²) >= 11 is 0. The fourth-order valence-corrected chi connectivity index (χ4v) is 0.691. The molecule has 0 unspecified atom stereocenters. The number of alkyl halides is 2. The fraction of sp³-hybridized carbons (Fsp3) is 0.571. The molecule has 1 rings (SSSR count). The normalized spacial score (nSPS) is 11.2. The Morgan fingerprint density at radius 1 is 1.50 bits per heavy atom. The molecule has 5 heteroatoms. The van der Waals surface area contributed by atoms with E-state index in [-0.39, 0.29) is 11.8 Å². The van der Waals surface area contributed by atoms with Crippen molar-refractivity contribution in [3.8, 4) is 5.88 Å². The van der Waals surface area contributed by atoms with Gasteiger partial charge in [0.15, 0.2) is 0 Å². The van der Waals surface area contributed by atoms with Crippen molar-refractivity contribution in [3.05, 3.63) is 11.8 Å². The minimum atomic E-state index is -2.85. The minimum absolute atomic E-state index is 0.118. The van der Waals surface area contributed by atoms with Gasteiger partial charge in [-0.15, -0.1) is 0 Å². The Morgan fingerprint density at radius 3 is 2.58 bits per heavy atom. The molecule has 0 aliphatic carbocycles. The van der Waals surface area contributed by atoms with Gasteiger partial charge in [-0.1, -0.05) is 13.8 Å². The molecule has 1 aromatic rings. The van der Waals surface area contributed by atoms with E-state index in [1.165, 1.54) is 6.07 Å². The van der Waals surface area contributed by atoms with Gasteiger partial charge in [-0.25, -0.2) is 0 Å². The second-order valence-corrected chi connectivity index (χ2v) is 2.60. The van der Waals surface area contributed by atoms with Crippen LogP contribution in [-0.4, -0.2) is 11.8 Å². The summed E-state index contributed by atoms with van der Waals surface area (Å²) < 4.78 is 32.0. The molecule has 0 N–H and O–H groups in total. The van der Waals surface area contributed by atoms with E-state index in [0.29, 0.717) is 5.76 Å². The topological polar surface area (TPSA) is 35.3 Å². The Kier molecular flexibility index (Phi) is 2.62. The molecule has 0 aliphatic heterocycles. The zero-order chi connectivity index (χ0) is 9.14. The molecule has 0 aliphatic rings. The van der Waals surface area contributed by atoms with Crippen molar-refractivity contribution in [2.24, 2.45) is 0 Å². The van der Waals surface area contributed by atoms with Crippen LogP contribution in [0, 0.1) is 0 Å². The SMILES string of the molecule is CC(C)c1cc(OC(F)F)no1. The molecule has 0 radical (unpaired) electrons. The van der Waals surface area contributed by atoms with E-state index in [4.69, 9.17) is 4.52 Å². The highest BCUT2D eigenvalue weighted by Gasteiger charge is 2.11. The molecule has 0 bridgehead atoms. The van der Waals surface area contributed by atoms with Gasteiger partial charge in [0.05, 0.1) is 0 Å². The molecule has 0 saturated heterocycles. The first-order valence-corrected chi connectivity index (χ1v) is 3.51. The number of aromatic nitrogens is 1. The first kappa shape index (κ1) is 8.96. The Labute approximate surface area is 68.3 Å². The molecule has 1 heterocycles. The Hall–Kier alpha value is -1.13. The molecule has 1 aromatic heterocycles. The summed E-state index contributed by atoms with van der Waals surface area (Å²) in [6.45, 7) is 0.884. The van der Waals surface area contributed by atoms with Gasteiger partial charge in [-0.05, 0) is 5.16 Å². The quantitative estimate of drug-likeness (QED) is 0.711. The van der Waals surface area contributed by atoms with Crippen LogP contribution in [-0.2, 0) is 0 Å². The molecular formula is C7H9F2NO2. The molecule has 0 saturated carbocycles. The molecule has 0 aromatic carbocycles. The molecule has 0 atom stereocenters. The average Bonchev–Trinajstić information content (AvgIpc) is 2.34. The second-order valence-electron chi connectivity index (χ2n) is 2.60. The number of rotatable bonds is 3. The lowest BCUT2D eigenvalue weighted by Crippen LogP contribution is -2.01. The molecule has 0 fully saturated rings. The highest BCUT2D eigenvalue weighted by molar-refractivity contribution is 5.13. The number of halogens is 2. The maximum atomic E-state index is 11.6. The van der Waals surface area contributed by atoms with E-state index in [2.05, 4.69) is 9.89 Å². The summed E-state index contributed by atoms with van der Waals surface area (Å²) in [5.41, 5.74) is 0. The summed E-state index contributed by atoms with van der Waals surface area (Å²) in [4.78, 5) is 0. The number of nitrogens with zero attached hydrogens (tertiary/aromatic N) is 1. The zero-order valence-electron chi connectivity index (χ0n) is 6.75. The van der Waals surface area contributed by atoms with Crippen LogP contribution >= 0.6 is 0 Å². The van der Waals surface area contributed by atoms with E-state index < -0.39 is 6.61 Å². The van der Waals surface area contributed by atoms with Crippen LogP contribution in [0.4, 0.5) is 8.78 Å². The van der Waals surface area contributed by atoms with Gasteiger partial charge >= 0.3 is 6.61 Å². The lowest BCUT2D eigenvalue weighted by Gasteiger charge is -1.96. The maximum absolute atomic E-state index is 11.6. The summed E-state index contributed by atoms with van der Waals surface area (Å²) in [6.07, 6.45) is 0. The third-order valence-corrected chi connectivity index (χ3v) is 1.29. The van der Waals surface area contributed by atoms with Crippen LogP contribution in [0.5, 0.6) is 5.88 Å². The van der Waals surface area contributed by atoms with Crippen molar-refractivity contribution in [1.29, 1.82) is 0 Å². The van der Waals surface area contributed by atoms with Gasteiger partial charge in [0.25, 0.3) is 5.88 Å². The third-order valence-electron chi connectivity index (χ3n) is 1.29. The van der Waals surface area contributed by atoms with E-state index in [0.717, 1.165) is 0 Å². The van der Waals surface area contributed by atoms with E-state index >= 15 is 0 Å². The van der Waals surface area contributed by atoms with Crippen LogP contribution in [0.25, 0.3) is 0 Å². The number of hydrogen-bond acceptors (Lipinski definition) is 3. The van der Waals surface area contributed by atoms with Crippen LogP contribution in [0.2, 0.25) is 0 Å². The largest absolute Gasteiger partial charge is 0.414 e. The van der Waals surface area contributed by atoms with Crippen molar-refractivity contribution in [3.63, 3.8) is 0 Å². The first-order valence-electron chi connectivity index (χ1n) is 3.51. The van der Waals surface area contributed by atoms with Gasteiger partial charge in [0.1, 0.15) is 5.76 Å². The van der Waals surface area contributed by atoms with Crippen molar-refractivity contribution < 1.29 is 18.0 Å². The lowest BCUT2D eigenvalue weighted by molar-refractivity contribution is -0.0545. The minimum Gasteiger partial charge on any atom is -0.414 e. The number of hydrogen-bond donors (Lipinski definition) is 0. The zero-order valence-corrected chi connectivity index (χ0v) is 6.75. The van der Waals surface area contributed by atoms with Gasteiger partial charge < -0.3 is 9.26 Å². The fourth-order valence-electron chi connectivity index (χ4n) is 0.691. The number of ether oxygens (including phenoxy) is 1. The molecule has 0 spiro atoms. The van der Waals surface area contributed by atoms with Gasteiger partial charge in [0, 0.05) is 12.0 Å². The molecule has 68 valence electrons. The highest BCUT2D eigenvalue weighted by atomic mass is 19.3. The van der Waals surface area contributed by atoms with E-state index in [9.17, 15) is 8.78 Å². The molecular weight excluding hydrogens is 168 g/mol. The predicted molar refractivity (Wildman–Crippen MR) is 37.2 cm³/mol. The summed E-state index contributed by atoms with van der Waals surface area (Å²) in [5, 5.41) is 3.30. The molecule has 0 amide bonds. The van der Waals surface area contributed by atoms with Crippen molar-refractivity contribution in [2.45, 2.75) is 26.4 Å². The van der Waals surface area contributed by atoms with Crippen molar-refractivity contribution >= 4 is 0 Å². The summed E-state index contributed by atoms with van der Waals surface area (Å²) in [6, 6.07) is 1.36. The monoisotopic (exact) mass is 177 g/mol. The average molecular weight is 177 g/mol. The van der Waals surface area contributed by atoms with Gasteiger partial charge in [-0.2, -0.15) is 8.78 Å².